The van der Waals surface area contributed by atoms with Gasteiger partial charge in [-0.1, -0.05) is 0 Å². The zero-order valence-corrected chi connectivity index (χ0v) is 11.3. The van der Waals surface area contributed by atoms with E-state index in [2.05, 4.69) is 10.1 Å². The molecular formula is C12H23F3N2O2. The van der Waals surface area contributed by atoms with E-state index in [4.69, 9.17) is 4.74 Å². The number of halogens is 3. The summed E-state index contributed by atoms with van der Waals surface area (Å²) in [5.74, 6) is 0.497. The Bertz CT molecular complexity index is 240. The third-order valence-corrected chi connectivity index (χ3v) is 3.19. The van der Waals surface area contributed by atoms with Crippen molar-refractivity contribution in [3.8, 4) is 0 Å². The van der Waals surface area contributed by atoms with E-state index in [1.165, 1.54) is 0 Å². The lowest BCUT2D eigenvalue weighted by atomic mass is 9.98. The summed E-state index contributed by atoms with van der Waals surface area (Å²) in [6, 6.07) is 0. The highest BCUT2D eigenvalue weighted by Gasteiger charge is 2.29. The number of hydrogen-bond acceptors (Lipinski definition) is 4. The van der Waals surface area contributed by atoms with E-state index in [9.17, 15) is 13.2 Å². The fourth-order valence-corrected chi connectivity index (χ4v) is 2.29. The lowest BCUT2D eigenvalue weighted by Crippen LogP contribution is -2.41. The molecule has 1 aliphatic rings. The van der Waals surface area contributed by atoms with Crippen molar-refractivity contribution in [3.63, 3.8) is 0 Å². The van der Waals surface area contributed by atoms with E-state index >= 15 is 0 Å². The van der Waals surface area contributed by atoms with Crippen molar-refractivity contribution in [2.75, 3.05) is 53.0 Å². The molecule has 7 heteroatoms. The quantitative estimate of drug-likeness (QED) is 0.684. The zero-order valence-electron chi connectivity index (χ0n) is 11.3. The molecule has 0 saturated carbocycles. The predicted molar refractivity (Wildman–Crippen MR) is 65.9 cm³/mol. The number of rotatable bonds is 8. The van der Waals surface area contributed by atoms with Crippen LogP contribution in [0.5, 0.6) is 0 Å². The van der Waals surface area contributed by atoms with Crippen molar-refractivity contribution in [3.05, 3.63) is 0 Å². The monoisotopic (exact) mass is 284 g/mol. The molecule has 4 nitrogen and oxygen atoms in total. The number of piperidine rings is 1. The van der Waals surface area contributed by atoms with Crippen LogP contribution in [0.25, 0.3) is 0 Å². The zero-order chi connectivity index (χ0) is 14.1. The Morgan fingerprint density at radius 3 is 2.79 bits per heavy atom. The molecule has 1 rings (SSSR count). The molecule has 1 saturated heterocycles. The van der Waals surface area contributed by atoms with Gasteiger partial charge in [0.15, 0.2) is 0 Å². The summed E-state index contributed by atoms with van der Waals surface area (Å²) in [6.07, 6.45) is -2.36. The largest absolute Gasteiger partial charge is 0.522 e. The minimum Gasteiger partial charge on any atom is -0.383 e. The van der Waals surface area contributed by atoms with Crippen LogP contribution in [0.3, 0.4) is 0 Å². The highest BCUT2D eigenvalue weighted by molar-refractivity contribution is 4.74. The second-order valence-corrected chi connectivity index (χ2v) is 4.80. The molecule has 1 atom stereocenters. The summed E-state index contributed by atoms with van der Waals surface area (Å²) in [7, 11) is 1.66. The molecule has 1 aliphatic heterocycles. The van der Waals surface area contributed by atoms with Gasteiger partial charge < -0.3 is 15.0 Å². The van der Waals surface area contributed by atoms with Crippen LogP contribution in [-0.2, 0) is 9.47 Å². The second kappa shape index (κ2) is 8.73. The average molecular weight is 284 g/mol. The molecular weight excluding hydrogens is 261 g/mol. The van der Waals surface area contributed by atoms with Crippen molar-refractivity contribution >= 4 is 0 Å². The molecule has 0 aromatic rings. The van der Waals surface area contributed by atoms with Crippen LogP contribution in [0.1, 0.15) is 12.8 Å². The van der Waals surface area contributed by atoms with E-state index in [1.807, 2.05) is 4.90 Å². The number of ether oxygens (including phenoxy) is 2. The standard InChI is InChI=1S/C12H23F3N2O2/c1-18-7-4-16-9-11-3-2-5-17(10-11)6-8-19-12(13,14)15/h11,16H,2-10H2,1H3. The molecule has 1 heterocycles. The average Bonchev–Trinajstić information content (AvgIpc) is 2.34. The smallest absolute Gasteiger partial charge is 0.383 e. The van der Waals surface area contributed by atoms with Crippen molar-refractivity contribution in [2.24, 2.45) is 5.92 Å². The van der Waals surface area contributed by atoms with E-state index in [1.54, 1.807) is 7.11 Å². The van der Waals surface area contributed by atoms with E-state index in [0.29, 0.717) is 19.1 Å². The van der Waals surface area contributed by atoms with Gasteiger partial charge in [0.25, 0.3) is 0 Å². The second-order valence-electron chi connectivity index (χ2n) is 4.80. The Labute approximate surface area is 112 Å². The normalized spacial score (nSPS) is 21.8. The maximum Gasteiger partial charge on any atom is 0.522 e. The Kier molecular flexibility index (Phi) is 7.67. The van der Waals surface area contributed by atoms with Crippen LogP contribution < -0.4 is 5.32 Å². The van der Waals surface area contributed by atoms with Gasteiger partial charge in [-0.25, -0.2) is 0 Å². The number of alkyl halides is 3. The molecule has 1 unspecified atom stereocenters. The number of hydrogen-bond donors (Lipinski definition) is 1. The van der Waals surface area contributed by atoms with Gasteiger partial charge in [0, 0.05) is 26.7 Å². The van der Waals surface area contributed by atoms with Crippen LogP contribution >= 0.6 is 0 Å². The molecule has 0 amide bonds. The van der Waals surface area contributed by atoms with Gasteiger partial charge in [-0.3, -0.25) is 4.74 Å². The molecule has 1 N–H and O–H groups in total. The molecule has 0 bridgehead atoms. The maximum atomic E-state index is 11.9. The summed E-state index contributed by atoms with van der Waals surface area (Å²) in [4.78, 5) is 2.04. The van der Waals surface area contributed by atoms with Gasteiger partial charge >= 0.3 is 6.36 Å². The Morgan fingerprint density at radius 2 is 2.11 bits per heavy atom. The first-order chi connectivity index (χ1) is 9.01. The van der Waals surface area contributed by atoms with E-state index in [-0.39, 0.29) is 6.61 Å². The van der Waals surface area contributed by atoms with Crippen molar-refractivity contribution in [1.82, 2.24) is 10.2 Å². The van der Waals surface area contributed by atoms with Gasteiger partial charge in [0.05, 0.1) is 13.2 Å². The lowest BCUT2D eigenvalue weighted by Gasteiger charge is -2.32. The SMILES string of the molecule is COCCNCC1CCCN(CCOC(F)(F)F)C1. The molecule has 114 valence electrons. The molecule has 0 radical (unpaired) electrons. The number of nitrogens with zero attached hydrogens (tertiary/aromatic N) is 1. The van der Waals surface area contributed by atoms with Crippen LogP contribution in [0.4, 0.5) is 13.2 Å². The van der Waals surface area contributed by atoms with Crippen LogP contribution in [0, 0.1) is 5.92 Å². The highest BCUT2D eigenvalue weighted by atomic mass is 19.4. The fraction of sp³-hybridized carbons (Fsp3) is 1.00. The van der Waals surface area contributed by atoms with Gasteiger partial charge in [0.1, 0.15) is 0 Å². The molecule has 0 aliphatic carbocycles. The van der Waals surface area contributed by atoms with Gasteiger partial charge in [-0.15, -0.1) is 13.2 Å². The van der Waals surface area contributed by atoms with Crippen LogP contribution in [0.15, 0.2) is 0 Å². The summed E-state index contributed by atoms with van der Waals surface area (Å²) in [6.45, 7) is 4.12. The van der Waals surface area contributed by atoms with E-state index in [0.717, 1.165) is 39.0 Å². The summed E-state index contributed by atoms with van der Waals surface area (Å²) in [5, 5.41) is 3.29. The van der Waals surface area contributed by atoms with Crippen molar-refractivity contribution < 1.29 is 22.6 Å². The van der Waals surface area contributed by atoms with Gasteiger partial charge in [-0.2, -0.15) is 0 Å². The van der Waals surface area contributed by atoms with Crippen molar-refractivity contribution in [1.29, 1.82) is 0 Å². The fourth-order valence-electron chi connectivity index (χ4n) is 2.29. The van der Waals surface area contributed by atoms with Gasteiger partial charge in [0.2, 0.25) is 0 Å². The first kappa shape index (κ1) is 16.7. The number of nitrogens with one attached hydrogen (secondary N) is 1. The molecule has 1 fully saturated rings. The summed E-state index contributed by atoms with van der Waals surface area (Å²) < 4.78 is 44.3. The Morgan fingerprint density at radius 1 is 1.32 bits per heavy atom. The van der Waals surface area contributed by atoms with Crippen LogP contribution in [0.2, 0.25) is 0 Å². The summed E-state index contributed by atoms with van der Waals surface area (Å²) in [5.41, 5.74) is 0. The Hall–Kier alpha value is -0.370. The Balaban J connectivity index is 2.12. The first-order valence-corrected chi connectivity index (χ1v) is 6.64. The topological polar surface area (TPSA) is 33.7 Å². The van der Waals surface area contributed by atoms with E-state index < -0.39 is 6.36 Å². The summed E-state index contributed by atoms with van der Waals surface area (Å²) >= 11 is 0. The molecule has 0 spiro atoms. The minimum absolute atomic E-state index is 0.284. The highest BCUT2D eigenvalue weighted by Crippen LogP contribution is 2.18. The number of likely N-dealkylation sites (tertiary alicyclic amines) is 1. The molecule has 0 aromatic heterocycles. The first-order valence-electron chi connectivity index (χ1n) is 6.64. The third kappa shape index (κ3) is 8.41. The molecule has 0 aromatic carbocycles. The minimum atomic E-state index is -4.52. The van der Waals surface area contributed by atoms with Crippen molar-refractivity contribution in [2.45, 2.75) is 19.2 Å². The molecule has 19 heavy (non-hydrogen) atoms. The lowest BCUT2D eigenvalue weighted by molar-refractivity contribution is -0.325. The van der Waals surface area contributed by atoms with Crippen LogP contribution in [-0.4, -0.2) is 64.3 Å². The van der Waals surface area contributed by atoms with Gasteiger partial charge in [-0.05, 0) is 31.8 Å². The number of methoxy groups -OCH3 is 1. The predicted octanol–water partition coefficient (Wildman–Crippen LogP) is 1.47. The maximum absolute atomic E-state index is 11.9. The third-order valence-electron chi connectivity index (χ3n) is 3.19.